The first-order valence-electron chi connectivity index (χ1n) is 8.18. The number of allylic oxidation sites excluding steroid dienone is 1. The molecule has 1 aromatic heterocycles. The number of thioether (sulfide) groups is 1. The van der Waals surface area contributed by atoms with Gasteiger partial charge in [0.15, 0.2) is 0 Å². The number of nitrogens with one attached hydrogen (secondary N) is 1. The van der Waals surface area contributed by atoms with Gasteiger partial charge in [0.25, 0.3) is 0 Å². The number of hydrogen-bond acceptors (Lipinski definition) is 5. The van der Waals surface area contributed by atoms with Gasteiger partial charge in [0, 0.05) is 11.3 Å². The van der Waals surface area contributed by atoms with Crippen LogP contribution in [0.2, 0.25) is 0 Å². The lowest BCUT2D eigenvalue weighted by Gasteiger charge is -2.14. The van der Waals surface area contributed by atoms with Crippen LogP contribution in [0, 0.1) is 0 Å². The summed E-state index contributed by atoms with van der Waals surface area (Å²) in [6.45, 7) is 6.01. The first kappa shape index (κ1) is 17.9. The van der Waals surface area contributed by atoms with Gasteiger partial charge in [0.2, 0.25) is 11.1 Å². The highest BCUT2D eigenvalue weighted by atomic mass is 32.2. The number of carbonyl (C=O) groups excluding carboxylic acids is 1. The van der Waals surface area contributed by atoms with E-state index in [1.807, 2.05) is 61.5 Å². The number of carbonyl (C=O) groups is 1. The van der Waals surface area contributed by atoms with Crippen LogP contribution in [-0.2, 0) is 11.3 Å². The Morgan fingerprint density at radius 1 is 1.23 bits per heavy atom. The molecule has 0 aliphatic carbocycles. The summed E-state index contributed by atoms with van der Waals surface area (Å²) in [7, 11) is 0. The summed E-state index contributed by atoms with van der Waals surface area (Å²) >= 11 is 1.31. The predicted octanol–water partition coefficient (Wildman–Crippen LogP) is 3.65. The van der Waals surface area contributed by atoms with Gasteiger partial charge in [-0.25, -0.2) is 4.68 Å². The van der Waals surface area contributed by atoms with Crippen molar-refractivity contribution in [3.8, 4) is 11.1 Å². The molecule has 1 amide bonds. The third-order valence-electron chi connectivity index (χ3n) is 3.72. The van der Waals surface area contributed by atoms with Crippen molar-refractivity contribution in [2.24, 2.45) is 0 Å². The van der Waals surface area contributed by atoms with Crippen LogP contribution < -0.4 is 5.32 Å². The van der Waals surface area contributed by atoms with Gasteiger partial charge in [-0.3, -0.25) is 4.79 Å². The normalized spacial score (nSPS) is 11.7. The van der Waals surface area contributed by atoms with E-state index in [2.05, 4.69) is 27.4 Å². The molecule has 26 heavy (non-hydrogen) atoms. The average Bonchev–Trinajstić information content (AvgIpc) is 3.10. The lowest BCUT2D eigenvalue weighted by Crippen LogP contribution is -2.23. The molecule has 0 aliphatic rings. The second kappa shape index (κ2) is 8.44. The molecule has 132 valence electrons. The molecule has 0 saturated heterocycles. The number of benzene rings is 2. The fourth-order valence-corrected chi connectivity index (χ4v) is 3.22. The minimum absolute atomic E-state index is 0.105. The van der Waals surface area contributed by atoms with E-state index >= 15 is 0 Å². The quantitative estimate of drug-likeness (QED) is 0.511. The van der Waals surface area contributed by atoms with Gasteiger partial charge in [0.05, 0.1) is 11.8 Å². The Hall–Kier alpha value is -2.93. The molecule has 1 heterocycles. The van der Waals surface area contributed by atoms with Crippen molar-refractivity contribution in [1.29, 1.82) is 0 Å². The van der Waals surface area contributed by atoms with Crippen molar-refractivity contribution in [2.75, 3.05) is 5.32 Å². The van der Waals surface area contributed by atoms with Crippen molar-refractivity contribution in [2.45, 2.75) is 23.9 Å². The molecule has 0 fully saturated rings. The van der Waals surface area contributed by atoms with Crippen molar-refractivity contribution < 1.29 is 4.79 Å². The van der Waals surface area contributed by atoms with Crippen LogP contribution in [0.5, 0.6) is 0 Å². The first-order valence-corrected chi connectivity index (χ1v) is 9.06. The van der Waals surface area contributed by atoms with Crippen LogP contribution in [0.15, 0.2) is 72.4 Å². The van der Waals surface area contributed by atoms with Gasteiger partial charge < -0.3 is 5.32 Å². The topological polar surface area (TPSA) is 72.7 Å². The van der Waals surface area contributed by atoms with Gasteiger partial charge in [0.1, 0.15) is 0 Å². The molecule has 0 saturated carbocycles. The molecular weight excluding hydrogens is 346 g/mol. The lowest BCUT2D eigenvalue weighted by molar-refractivity contribution is -0.115. The molecule has 1 unspecified atom stereocenters. The van der Waals surface area contributed by atoms with E-state index in [1.165, 1.54) is 11.8 Å². The lowest BCUT2D eigenvalue weighted by atomic mass is 10.0. The maximum Gasteiger partial charge on any atom is 0.237 e. The van der Waals surface area contributed by atoms with Crippen LogP contribution in [0.1, 0.15) is 6.92 Å². The Labute approximate surface area is 156 Å². The van der Waals surface area contributed by atoms with Gasteiger partial charge >= 0.3 is 0 Å². The van der Waals surface area contributed by atoms with Crippen LogP contribution in [0.4, 0.5) is 5.69 Å². The van der Waals surface area contributed by atoms with Crippen molar-refractivity contribution in [3.05, 3.63) is 67.3 Å². The van der Waals surface area contributed by atoms with Crippen molar-refractivity contribution in [1.82, 2.24) is 20.2 Å². The van der Waals surface area contributed by atoms with Gasteiger partial charge in [-0.1, -0.05) is 66.4 Å². The number of hydrogen-bond donors (Lipinski definition) is 1. The third kappa shape index (κ3) is 4.18. The Morgan fingerprint density at radius 2 is 1.96 bits per heavy atom. The fraction of sp³-hybridized carbons (Fsp3) is 0.158. The van der Waals surface area contributed by atoms with Crippen LogP contribution in [0.3, 0.4) is 0 Å². The van der Waals surface area contributed by atoms with Crippen LogP contribution in [0.25, 0.3) is 11.1 Å². The van der Waals surface area contributed by atoms with E-state index in [1.54, 1.807) is 10.8 Å². The molecule has 6 nitrogen and oxygen atoms in total. The number of anilines is 1. The van der Waals surface area contributed by atoms with E-state index in [0.717, 1.165) is 16.8 Å². The van der Waals surface area contributed by atoms with E-state index in [4.69, 9.17) is 0 Å². The second-order valence-electron chi connectivity index (χ2n) is 5.59. The molecule has 3 aromatic rings. The SMILES string of the molecule is C=CCn1nnnc1SC(C)C(=O)Nc1ccccc1-c1ccccc1. The number of para-hydroxylation sites is 1. The Balaban J connectivity index is 1.74. The highest BCUT2D eigenvalue weighted by Gasteiger charge is 2.19. The zero-order chi connectivity index (χ0) is 18.4. The second-order valence-corrected chi connectivity index (χ2v) is 6.90. The summed E-state index contributed by atoms with van der Waals surface area (Å²) in [5.41, 5.74) is 2.82. The maximum atomic E-state index is 12.7. The van der Waals surface area contributed by atoms with E-state index in [-0.39, 0.29) is 11.2 Å². The summed E-state index contributed by atoms with van der Waals surface area (Å²) in [4.78, 5) is 12.7. The molecular formula is C19H19N5OS. The van der Waals surface area contributed by atoms with E-state index < -0.39 is 0 Å². The Kier molecular flexibility index (Phi) is 5.80. The Bertz CT molecular complexity index is 894. The fourth-order valence-electron chi connectivity index (χ4n) is 2.43. The number of aromatic nitrogens is 4. The highest BCUT2D eigenvalue weighted by molar-refractivity contribution is 8.00. The van der Waals surface area contributed by atoms with Gasteiger partial charge in [-0.05, 0) is 29.0 Å². The maximum absolute atomic E-state index is 12.7. The number of rotatable bonds is 7. The highest BCUT2D eigenvalue weighted by Crippen LogP contribution is 2.29. The molecule has 0 radical (unpaired) electrons. The first-order chi connectivity index (χ1) is 12.7. The van der Waals surface area contributed by atoms with Crippen molar-refractivity contribution >= 4 is 23.4 Å². The smallest absolute Gasteiger partial charge is 0.237 e. The van der Waals surface area contributed by atoms with Gasteiger partial charge in [-0.2, -0.15) is 0 Å². The van der Waals surface area contributed by atoms with Gasteiger partial charge in [-0.15, -0.1) is 11.7 Å². The zero-order valence-corrected chi connectivity index (χ0v) is 15.2. The molecule has 0 bridgehead atoms. The summed E-state index contributed by atoms with van der Waals surface area (Å²) < 4.78 is 1.61. The van der Waals surface area contributed by atoms with Crippen LogP contribution in [-0.4, -0.2) is 31.4 Å². The molecule has 7 heteroatoms. The van der Waals surface area contributed by atoms with Crippen molar-refractivity contribution in [3.63, 3.8) is 0 Å². The van der Waals surface area contributed by atoms with Crippen LogP contribution >= 0.6 is 11.8 Å². The van der Waals surface area contributed by atoms with E-state index in [9.17, 15) is 4.79 Å². The molecule has 1 atom stereocenters. The van der Waals surface area contributed by atoms with E-state index in [0.29, 0.717) is 11.7 Å². The standard InChI is InChI=1S/C19H19N5OS/c1-3-13-24-19(21-22-23-24)26-14(2)18(25)20-17-12-8-7-11-16(17)15-9-5-4-6-10-15/h3-12,14H,1,13H2,2H3,(H,20,25). The molecule has 0 aliphatic heterocycles. The molecule has 3 rings (SSSR count). The third-order valence-corrected chi connectivity index (χ3v) is 4.79. The summed E-state index contributed by atoms with van der Waals surface area (Å²) in [6.07, 6.45) is 1.71. The predicted molar refractivity (Wildman–Crippen MR) is 104 cm³/mol. The minimum Gasteiger partial charge on any atom is -0.325 e. The molecule has 0 spiro atoms. The average molecular weight is 365 g/mol. The largest absolute Gasteiger partial charge is 0.325 e. The number of nitrogens with zero attached hydrogens (tertiary/aromatic N) is 4. The number of amides is 1. The summed E-state index contributed by atoms with van der Waals surface area (Å²) in [6, 6.07) is 17.7. The molecule has 2 aromatic carbocycles. The summed E-state index contributed by atoms with van der Waals surface area (Å²) in [5.74, 6) is -0.105. The number of tetrazole rings is 1. The monoisotopic (exact) mass is 365 g/mol. The summed E-state index contributed by atoms with van der Waals surface area (Å²) in [5, 5.41) is 14.8. The minimum atomic E-state index is -0.353. The molecule has 1 N–H and O–H groups in total. The Morgan fingerprint density at radius 3 is 2.73 bits per heavy atom. The zero-order valence-electron chi connectivity index (χ0n) is 14.4.